The molecule has 0 amide bonds. The molecule has 5 fully saturated rings. The molecular formula is C18H31B. The van der Waals surface area contributed by atoms with Crippen molar-refractivity contribution in [2.75, 3.05) is 0 Å². The summed E-state index contributed by atoms with van der Waals surface area (Å²) in [6, 6.07) is 0. The monoisotopic (exact) mass is 258 g/mol. The zero-order valence-corrected chi connectivity index (χ0v) is 13.2. The van der Waals surface area contributed by atoms with Gasteiger partial charge in [0.15, 0.2) is 0 Å². The van der Waals surface area contributed by atoms with Crippen LogP contribution in [0.3, 0.4) is 0 Å². The molecule has 2 saturated heterocycles. The average molecular weight is 258 g/mol. The molecule has 5 rings (SSSR count). The minimum Gasteiger partial charge on any atom is -0.0654 e. The Morgan fingerprint density at radius 2 is 1.79 bits per heavy atom. The zero-order chi connectivity index (χ0) is 13.2. The van der Waals surface area contributed by atoms with Crippen LogP contribution in [0.2, 0.25) is 11.6 Å². The summed E-state index contributed by atoms with van der Waals surface area (Å²) in [5.41, 5.74) is 0.680. The minimum absolute atomic E-state index is 0.680. The normalized spacial score (nSPS) is 55.0. The number of hydrogen-bond acceptors (Lipinski definition) is 0. The van der Waals surface area contributed by atoms with Gasteiger partial charge < -0.3 is 0 Å². The fraction of sp³-hybridized carbons (Fsp3) is 1.00. The van der Waals surface area contributed by atoms with E-state index in [1.807, 2.05) is 0 Å². The molecule has 0 aromatic rings. The van der Waals surface area contributed by atoms with E-state index in [2.05, 4.69) is 20.8 Å². The van der Waals surface area contributed by atoms with Crippen LogP contribution in [-0.2, 0) is 0 Å². The first-order valence-corrected chi connectivity index (χ1v) is 9.07. The van der Waals surface area contributed by atoms with E-state index in [9.17, 15) is 0 Å². The first-order chi connectivity index (χ1) is 9.07. The lowest BCUT2D eigenvalue weighted by molar-refractivity contribution is -0.142. The summed E-state index contributed by atoms with van der Waals surface area (Å²) in [6.45, 7) is 7.72. The van der Waals surface area contributed by atoms with Gasteiger partial charge in [-0.25, -0.2) is 0 Å². The molecule has 2 heterocycles. The van der Waals surface area contributed by atoms with Gasteiger partial charge in [-0.3, -0.25) is 0 Å². The summed E-state index contributed by atoms with van der Waals surface area (Å²) in [4.78, 5) is 0. The predicted octanol–water partition coefficient (Wildman–Crippen LogP) is 4.91. The minimum atomic E-state index is 0.680. The third-order valence-electron chi connectivity index (χ3n) is 8.30. The van der Waals surface area contributed by atoms with Crippen LogP contribution < -0.4 is 0 Å². The summed E-state index contributed by atoms with van der Waals surface area (Å²) in [5, 5.41) is 0. The second-order valence-electron chi connectivity index (χ2n) is 9.15. The first kappa shape index (κ1) is 12.8. The number of fused-ring (bicyclic) bond motifs is 4. The van der Waals surface area contributed by atoms with Crippen molar-refractivity contribution in [1.29, 1.82) is 0 Å². The van der Waals surface area contributed by atoms with E-state index in [0.29, 0.717) is 5.41 Å². The quantitative estimate of drug-likeness (QED) is 0.586. The van der Waals surface area contributed by atoms with Crippen LogP contribution in [0.25, 0.3) is 0 Å². The van der Waals surface area contributed by atoms with E-state index < -0.39 is 0 Å². The van der Waals surface area contributed by atoms with Crippen LogP contribution >= 0.6 is 0 Å². The van der Waals surface area contributed by atoms with E-state index >= 15 is 0 Å². The topological polar surface area (TPSA) is 0 Å². The van der Waals surface area contributed by atoms with E-state index in [4.69, 9.17) is 0 Å². The number of hydrogen-bond donors (Lipinski definition) is 0. The highest BCUT2D eigenvalue weighted by atomic mass is 14.6. The molecule has 19 heavy (non-hydrogen) atoms. The van der Waals surface area contributed by atoms with E-state index in [1.165, 1.54) is 0 Å². The number of rotatable bonds is 1. The Morgan fingerprint density at radius 3 is 2.53 bits per heavy atom. The molecule has 7 atom stereocenters. The van der Waals surface area contributed by atoms with Crippen molar-refractivity contribution in [2.45, 2.75) is 77.4 Å². The van der Waals surface area contributed by atoms with Gasteiger partial charge in [0.1, 0.15) is 7.28 Å². The summed E-state index contributed by atoms with van der Waals surface area (Å²) in [6.07, 6.45) is 11.0. The highest BCUT2D eigenvalue weighted by molar-refractivity contribution is 6.40. The molecule has 3 aliphatic carbocycles. The van der Waals surface area contributed by atoms with Crippen molar-refractivity contribution < 1.29 is 0 Å². The van der Waals surface area contributed by atoms with Gasteiger partial charge in [0.2, 0.25) is 0 Å². The summed E-state index contributed by atoms with van der Waals surface area (Å²) in [7, 11) is 1.60. The lowest BCUT2D eigenvalue weighted by atomic mass is 9.36. The third kappa shape index (κ3) is 1.79. The molecule has 0 N–H and O–H groups in total. The maximum atomic E-state index is 2.61. The van der Waals surface area contributed by atoms with Crippen LogP contribution in [0.4, 0.5) is 0 Å². The maximum Gasteiger partial charge on any atom is 0.127 e. The van der Waals surface area contributed by atoms with Crippen molar-refractivity contribution in [3.05, 3.63) is 0 Å². The fourth-order valence-corrected chi connectivity index (χ4v) is 6.97. The van der Waals surface area contributed by atoms with Gasteiger partial charge in [0.25, 0.3) is 0 Å². The second-order valence-corrected chi connectivity index (χ2v) is 9.15. The van der Waals surface area contributed by atoms with Crippen LogP contribution in [-0.4, -0.2) is 7.28 Å². The zero-order valence-electron chi connectivity index (χ0n) is 13.2. The SMILES string of the molecule is CC1C(C2CCC3BC2CCC3)CC2C[C@H]1C2(C)C. The van der Waals surface area contributed by atoms with Crippen molar-refractivity contribution in [3.8, 4) is 0 Å². The van der Waals surface area contributed by atoms with Gasteiger partial charge in [0, 0.05) is 0 Å². The largest absolute Gasteiger partial charge is 0.127 e. The molecule has 0 nitrogen and oxygen atoms in total. The van der Waals surface area contributed by atoms with E-state index in [-0.39, 0.29) is 0 Å². The smallest absolute Gasteiger partial charge is 0.0654 e. The summed E-state index contributed by atoms with van der Waals surface area (Å²) in [5.74, 6) is 7.61. The molecule has 0 radical (unpaired) electrons. The molecule has 5 aliphatic rings. The van der Waals surface area contributed by atoms with Crippen LogP contribution in [0, 0.1) is 35.0 Å². The van der Waals surface area contributed by atoms with Gasteiger partial charge in [-0.15, -0.1) is 0 Å². The van der Waals surface area contributed by atoms with E-state index in [0.717, 1.165) is 41.2 Å². The van der Waals surface area contributed by atoms with Gasteiger partial charge in [-0.1, -0.05) is 64.5 Å². The van der Waals surface area contributed by atoms with Gasteiger partial charge in [0.05, 0.1) is 0 Å². The molecule has 2 aliphatic heterocycles. The molecule has 106 valence electrons. The van der Waals surface area contributed by atoms with Crippen LogP contribution in [0.1, 0.15) is 65.7 Å². The molecule has 1 heteroatoms. The molecule has 0 spiro atoms. The first-order valence-electron chi connectivity index (χ1n) is 9.07. The molecule has 0 aromatic heterocycles. The Bertz CT molecular complexity index is 361. The average Bonchev–Trinajstić information content (AvgIpc) is 2.39. The van der Waals surface area contributed by atoms with Gasteiger partial charge in [-0.05, 0) is 47.8 Å². The Morgan fingerprint density at radius 1 is 0.947 bits per heavy atom. The Kier molecular flexibility index (Phi) is 2.88. The standard InChI is InChI=1S/C18H31B/c1-11-15(9-12-10-16(11)18(12,2)3)14-8-7-13-5-4-6-17(14)19-13/h11-17,19H,4-10H2,1-3H3/t11?,12?,13?,14?,15?,16-,17?/m1/s1. The molecule has 4 bridgehead atoms. The second kappa shape index (κ2) is 4.28. The van der Waals surface area contributed by atoms with Crippen LogP contribution in [0.15, 0.2) is 0 Å². The maximum absolute atomic E-state index is 2.61. The van der Waals surface area contributed by atoms with Gasteiger partial charge >= 0.3 is 0 Å². The predicted molar refractivity (Wildman–Crippen MR) is 83.9 cm³/mol. The van der Waals surface area contributed by atoms with Crippen molar-refractivity contribution >= 4 is 7.28 Å². The van der Waals surface area contributed by atoms with Crippen molar-refractivity contribution in [2.24, 2.45) is 35.0 Å². The fourth-order valence-electron chi connectivity index (χ4n) is 6.97. The Hall–Kier alpha value is 0.0649. The lowest BCUT2D eigenvalue weighted by Crippen LogP contribution is -2.56. The Balaban J connectivity index is 1.51. The van der Waals surface area contributed by atoms with Crippen molar-refractivity contribution in [3.63, 3.8) is 0 Å². The molecule has 3 saturated carbocycles. The lowest BCUT2D eigenvalue weighted by Gasteiger charge is -2.64. The molecular weight excluding hydrogens is 227 g/mol. The third-order valence-corrected chi connectivity index (χ3v) is 8.30. The van der Waals surface area contributed by atoms with Gasteiger partial charge in [-0.2, -0.15) is 0 Å². The summed E-state index contributed by atoms with van der Waals surface area (Å²) >= 11 is 0. The highest BCUT2D eigenvalue weighted by Gasteiger charge is 2.58. The molecule has 6 unspecified atom stereocenters. The van der Waals surface area contributed by atoms with E-state index in [1.54, 1.807) is 52.2 Å². The molecule has 0 aromatic carbocycles. The Labute approximate surface area is 120 Å². The highest BCUT2D eigenvalue weighted by Crippen LogP contribution is 2.66. The van der Waals surface area contributed by atoms with Crippen LogP contribution in [0.5, 0.6) is 0 Å². The van der Waals surface area contributed by atoms with Crippen molar-refractivity contribution in [1.82, 2.24) is 0 Å². The summed E-state index contributed by atoms with van der Waals surface area (Å²) < 4.78 is 0.